The van der Waals surface area contributed by atoms with Crippen LogP contribution in [0.2, 0.25) is 0 Å². The predicted molar refractivity (Wildman–Crippen MR) is 94.8 cm³/mol. The van der Waals surface area contributed by atoms with E-state index in [-0.39, 0.29) is 18.0 Å². The minimum atomic E-state index is -0.664. The van der Waals surface area contributed by atoms with Gasteiger partial charge in [0.25, 0.3) is 5.91 Å². The number of methoxy groups -OCH3 is 2. The number of nitrogens with zero attached hydrogens (tertiary/aromatic N) is 2. The predicted octanol–water partition coefficient (Wildman–Crippen LogP) is 3.09. The Labute approximate surface area is 144 Å². The van der Waals surface area contributed by atoms with Crippen molar-refractivity contribution in [3.63, 3.8) is 0 Å². The molecule has 24 heavy (non-hydrogen) atoms. The Hall–Kier alpha value is -2.24. The number of para-hydroxylation sites is 1. The monoisotopic (exact) mass is 336 g/mol. The third-order valence-corrected chi connectivity index (χ3v) is 3.56. The number of rotatable bonds is 8. The normalized spacial score (nSPS) is 12.5. The van der Waals surface area contributed by atoms with E-state index >= 15 is 0 Å². The summed E-state index contributed by atoms with van der Waals surface area (Å²) in [5, 5.41) is 3.94. The summed E-state index contributed by atoms with van der Waals surface area (Å²) in [6.45, 7) is 9.62. The molecule has 0 bridgehead atoms. The highest BCUT2D eigenvalue weighted by Gasteiger charge is 2.26. The first-order chi connectivity index (χ1) is 11.3. The maximum absolute atomic E-state index is 12.5. The lowest BCUT2D eigenvalue weighted by Gasteiger charge is -2.32. The van der Waals surface area contributed by atoms with Crippen LogP contribution >= 0.6 is 0 Å². The second-order valence-electron chi connectivity index (χ2n) is 6.00. The first-order valence-electron chi connectivity index (χ1n) is 8.05. The summed E-state index contributed by atoms with van der Waals surface area (Å²) in [7, 11) is 3.13. The van der Waals surface area contributed by atoms with Gasteiger partial charge in [-0.1, -0.05) is 11.2 Å². The molecular weight excluding hydrogens is 308 g/mol. The van der Waals surface area contributed by atoms with Crippen LogP contribution in [-0.4, -0.2) is 49.4 Å². The van der Waals surface area contributed by atoms with Crippen LogP contribution < -0.4 is 9.47 Å². The van der Waals surface area contributed by atoms with Gasteiger partial charge in [-0.05, 0) is 46.8 Å². The molecule has 0 N–H and O–H groups in total. The van der Waals surface area contributed by atoms with Crippen molar-refractivity contribution in [2.75, 3.05) is 14.2 Å². The summed E-state index contributed by atoms with van der Waals surface area (Å²) in [4.78, 5) is 19.6. The SMILES string of the molecule is COc1cccc(/C=N/OC(C)C(=O)N(C(C)C)C(C)C)c1OC. The molecule has 0 aliphatic heterocycles. The number of hydrogen-bond acceptors (Lipinski definition) is 5. The summed E-state index contributed by atoms with van der Waals surface area (Å²) in [5.41, 5.74) is 0.709. The van der Waals surface area contributed by atoms with Gasteiger partial charge in [0.2, 0.25) is 6.10 Å². The van der Waals surface area contributed by atoms with Crippen molar-refractivity contribution < 1.29 is 19.1 Å². The van der Waals surface area contributed by atoms with Gasteiger partial charge >= 0.3 is 0 Å². The highest BCUT2D eigenvalue weighted by molar-refractivity contribution is 5.85. The summed E-state index contributed by atoms with van der Waals surface area (Å²) < 4.78 is 10.6. The molecule has 0 saturated carbocycles. The smallest absolute Gasteiger partial charge is 0.266 e. The second-order valence-corrected chi connectivity index (χ2v) is 6.00. The largest absolute Gasteiger partial charge is 0.493 e. The van der Waals surface area contributed by atoms with E-state index in [2.05, 4.69) is 5.16 Å². The number of benzene rings is 1. The Balaban J connectivity index is 2.82. The maximum atomic E-state index is 12.5. The molecule has 0 saturated heterocycles. The summed E-state index contributed by atoms with van der Waals surface area (Å²) in [6.07, 6.45) is 0.850. The summed E-state index contributed by atoms with van der Waals surface area (Å²) in [6, 6.07) is 5.66. The second kappa shape index (κ2) is 9.15. The van der Waals surface area contributed by atoms with Crippen LogP contribution in [0.25, 0.3) is 0 Å². The lowest BCUT2D eigenvalue weighted by Crippen LogP contribution is -2.46. The Morgan fingerprint density at radius 2 is 1.71 bits per heavy atom. The molecule has 0 radical (unpaired) electrons. The zero-order valence-corrected chi connectivity index (χ0v) is 15.6. The highest BCUT2D eigenvalue weighted by Crippen LogP contribution is 2.29. The van der Waals surface area contributed by atoms with E-state index in [4.69, 9.17) is 14.3 Å². The molecular formula is C18H28N2O4. The molecule has 1 amide bonds. The van der Waals surface area contributed by atoms with Crippen molar-refractivity contribution in [3.8, 4) is 11.5 Å². The Morgan fingerprint density at radius 3 is 2.21 bits per heavy atom. The van der Waals surface area contributed by atoms with Crippen molar-refractivity contribution in [2.45, 2.75) is 52.8 Å². The van der Waals surface area contributed by atoms with E-state index in [1.54, 1.807) is 32.1 Å². The van der Waals surface area contributed by atoms with Crippen LogP contribution in [0, 0.1) is 0 Å². The van der Waals surface area contributed by atoms with Crippen LogP contribution in [0.4, 0.5) is 0 Å². The Morgan fingerprint density at radius 1 is 1.08 bits per heavy atom. The van der Waals surface area contributed by atoms with E-state index < -0.39 is 6.10 Å². The molecule has 6 nitrogen and oxygen atoms in total. The minimum absolute atomic E-state index is 0.0882. The topological polar surface area (TPSA) is 60.4 Å². The Bertz CT molecular complexity index is 562. The number of ether oxygens (including phenoxy) is 2. The third kappa shape index (κ3) is 4.88. The fourth-order valence-electron chi connectivity index (χ4n) is 2.55. The Kier molecular flexibility index (Phi) is 7.55. The quantitative estimate of drug-likeness (QED) is 0.541. The van der Waals surface area contributed by atoms with Crippen molar-refractivity contribution in [1.82, 2.24) is 4.90 Å². The van der Waals surface area contributed by atoms with Crippen LogP contribution in [0.3, 0.4) is 0 Å². The summed E-state index contributed by atoms with van der Waals surface area (Å²) in [5.74, 6) is 1.09. The van der Waals surface area contributed by atoms with Crippen LogP contribution in [0.1, 0.15) is 40.2 Å². The molecule has 0 fully saturated rings. The van der Waals surface area contributed by atoms with Gasteiger partial charge in [0.1, 0.15) is 0 Å². The van der Waals surface area contributed by atoms with E-state index in [0.29, 0.717) is 17.1 Å². The van der Waals surface area contributed by atoms with Gasteiger partial charge in [-0.15, -0.1) is 0 Å². The fraction of sp³-hybridized carbons (Fsp3) is 0.556. The molecule has 1 rings (SSSR count). The maximum Gasteiger partial charge on any atom is 0.266 e. The molecule has 0 spiro atoms. The molecule has 1 aromatic carbocycles. The number of hydrogen-bond donors (Lipinski definition) is 0. The van der Waals surface area contributed by atoms with Gasteiger partial charge in [-0.3, -0.25) is 4.79 Å². The van der Waals surface area contributed by atoms with Crippen molar-refractivity contribution in [1.29, 1.82) is 0 Å². The van der Waals surface area contributed by atoms with E-state index in [0.717, 1.165) is 0 Å². The van der Waals surface area contributed by atoms with E-state index in [1.165, 1.54) is 6.21 Å². The first kappa shape index (κ1) is 19.8. The molecule has 134 valence electrons. The molecule has 1 aromatic rings. The summed E-state index contributed by atoms with van der Waals surface area (Å²) >= 11 is 0. The number of carbonyl (C=O) groups is 1. The van der Waals surface area contributed by atoms with Gasteiger partial charge in [0.15, 0.2) is 11.5 Å². The molecule has 0 aromatic heterocycles. The van der Waals surface area contributed by atoms with Crippen molar-refractivity contribution in [2.24, 2.45) is 5.16 Å². The molecule has 0 aliphatic rings. The van der Waals surface area contributed by atoms with E-state index in [1.807, 2.05) is 39.8 Å². The fourth-order valence-corrected chi connectivity index (χ4v) is 2.55. The molecule has 1 unspecified atom stereocenters. The lowest BCUT2D eigenvalue weighted by molar-refractivity contribution is -0.146. The van der Waals surface area contributed by atoms with Gasteiger partial charge in [0.05, 0.1) is 20.4 Å². The zero-order chi connectivity index (χ0) is 18.3. The lowest BCUT2D eigenvalue weighted by atomic mass is 10.2. The zero-order valence-electron chi connectivity index (χ0n) is 15.6. The average molecular weight is 336 g/mol. The van der Waals surface area contributed by atoms with Crippen LogP contribution in [-0.2, 0) is 9.63 Å². The number of carbonyl (C=O) groups excluding carboxylic acids is 1. The average Bonchev–Trinajstić information content (AvgIpc) is 2.53. The third-order valence-electron chi connectivity index (χ3n) is 3.56. The van der Waals surface area contributed by atoms with Crippen molar-refractivity contribution >= 4 is 12.1 Å². The first-order valence-corrected chi connectivity index (χ1v) is 8.05. The van der Waals surface area contributed by atoms with Crippen LogP contribution in [0.15, 0.2) is 23.4 Å². The molecule has 0 aliphatic carbocycles. The molecule has 0 heterocycles. The highest BCUT2D eigenvalue weighted by atomic mass is 16.6. The number of amides is 1. The van der Waals surface area contributed by atoms with Gasteiger partial charge in [0, 0.05) is 17.6 Å². The van der Waals surface area contributed by atoms with Gasteiger partial charge < -0.3 is 19.2 Å². The van der Waals surface area contributed by atoms with Crippen molar-refractivity contribution in [3.05, 3.63) is 23.8 Å². The molecule has 1 atom stereocenters. The number of oxime groups is 1. The van der Waals surface area contributed by atoms with Gasteiger partial charge in [-0.25, -0.2) is 0 Å². The van der Waals surface area contributed by atoms with Gasteiger partial charge in [-0.2, -0.15) is 0 Å². The standard InChI is InChI=1S/C18H28N2O4/c1-12(2)20(13(3)4)18(21)14(5)24-19-11-15-9-8-10-16(22-6)17(15)23-7/h8-14H,1-7H3/b19-11+. The minimum Gasteiger partial charge on any atom is -0.493 e. The van der Waals surface area contributed by atoms with E-state index in [9.17, 15) is 4.79 Å². The van der Waals surface area contributed by atoms with Crippen LogP contribution in [0.5, 0.6) is 11.5 Å². The molecule has 6 heteroatoms.